The van der Waals surface area contributed by atoms with E-state index in [9.17, 15) is 19.5 Å². The number of aliphatic hydroxyl groups excluding tert-OH is 1. The van der Waals surface area contributed by atoms with Crippen LogP contribution in [0.15, 0.2) is 24.3 Å². The summed E-state index contributed by atoms with van der Waals surface area (Å²) in [5.74, 6) is -2.86. The predicted octanol–water partition coefficient (Wildman–Crippen LogP) is 1.60. The minimum absolute atomic E-state index is 0.0224. The van der Waals surface area contributed by atoms with Gasteiger partial charge in [-0.3, -0.25) is 14.4 Å². The average molecular weight is 437 g/mol. The number of aliphatic hydroxyl groups is 1. The first-order chi connectivity index (χ1) is 14.3. The Bertz CT molecular complexity index is 877. The van der Waals surface area contributed by atoms with E-state index in [-0.39, 0.29) is 25.7 Å². The number of β-amino-alcohol motifs (C(OH)–C–C–N with tert-alkyl or cyclic N) is 1. The number of carbonyl (C=O) groups is 3. The van der Waals surface area contributed by atoms with Gasteiger partial charge in [-0.05, 0) is 51.0 Å². The van der Waals surface area contributed by atoms with E-state index in [4.69, 9.17) is 21.1 Å². The molecule has 9 heteroatoms. The zero-order chi connectivity index (χ0) is 21.7. The fraction of sp³-hybridized carbons (Fsp3) is 0.571. The second-order valence-corrected chi connectivity index (χ2v) is 8.67. The van der Waals surface area contributed by atoms with E-state index < -0.39 is 41.0 Å². The third-order valence-electron chi connectivity index (χ3n) is 6.52. The maximum atomic E-state index is 13.4. The van der Waals surface area contributed by atoms with Crippen LogP contribution in [0.25, 0.3) is 0 Å². The molecule has 2 unspecified atom stereocenters. The van der Waals surface area contributed by atoms with Crippen molar-refractivity contribution >= 4 is 35.1 Å². The van der Waals surface area contributed by atoms with Gasteiger partial charge in [0, 0.05) is 17.3 Å². The summed E-state index contributed by atoms with van der Waals surface area (Å²) in [6.07, 6.45) is 1.01. The number of fused-ring (bicyclic) bond motifs is 1. The molecular formula is C21H25ClN2O6. The summed E-state index contributed by atoms with van der Waals surface area (Å²) >= 11 is 5.91. The Kier molecular flexibility index (Phi) is 5.28. The highest BCUT2D eigenvalue weighted by atomic mass is 35.5. The molecule has 0 aliphatic carbocycles. The Morgan fingerprint density at radius 1 is 1.33 bits per heavy atom. The number of hydrogen-bond acceptors (Lipinski definition) is 6. The molecule has 3 saturated heterocycles. The van der Waals surface area contributed by atoms with E-state index in [0.29, 0.717) is 23.6 Å². The first kappa shape index (κ1) is 21.1. The van der Waals surface area contributed by atoms with Gasteiger partial charge in [0.1, 0.15) is 17.6 Å². The number of anilines is 1. The minimum Gasteiger partial charge on any atom is -0.466 e. The number of esters is 1. The molecule has 4 rings (SSSR count). The summed E-state index contributed by atoms with van der Waals surface area (Å²) in [4.78, 5) is 40.8. The van der Waals surface area contributed by atoms with Gasteiger partial charge in [0.25, 0.3) is 0 Å². The molecule has 30 heavy (non-hydrogen) atoms. The number of nitrogens with zero attached hydrogens (tertiary/aromatic N) is 1. The number of hydrogen-bond donors (Lipinski definition) is 2. The number of benzene rings is 1. The van der Waals surface area contributed by atoms with Crippen molar-refractivity contribution in [1.82, 2.24) is 4.90 Å². The standard InChI is InChI=1S/C21H25ClN2O6/c1-3-29-19(28)15-14-18(27)24(10-11-25)16(21(14)9-8-20(15,2)30-21)17(26)23-13-6-4-12(22)5-7-13/h4-7,14-16,25H,3,8-11H2,1-2H3,(H,23,26)/t14-,15-,16?,20+,21?/m0/s1. The van der Waals surface area contributed by atoms with Crippen molar-refractivity contribution in [1.29, 1.82) is 0 Å². The first-order valence-corrected chi connectivity index (χ1v) is 10.5. The molecule has 1 aromatic rings. The van der Waals surface area contributed by atoms with Crippen LogP contribution in [0.5, 0.6) is 0 Å². The van der Waals surface area contributed by atoms with Crippen molar-refractivity contribution in [2.24, 2.45) is 11.8 Å². The van der Waals surface area contributed by atoms with Gasteiger partial charge in [-0.25, -0.2) is 0 Å². The van der Waals surface area contributed by atoms with Gasteiger partial charge < -0.3 is 24.8 Å². The molecular weight excluding hydrogens is 412 g/mol. The molecule has 1 spiro atoms. The highest BCUT2D eigenvalue weighted by Gasteiger charge is 2.78. The lowest BCUT2D eigenvalue weighted by Crippen LogP contribution is -2.53. The molecule has 2 amide bonds. The van der Waals surface area contributed by atoms with Crippen LogP contribution in [0.4, 0.5) is 5.69 Å². The van der Waals surface area contributed by atoms with Crippen LogP contribution in [0.1, 0.15) is 26.7 Å². The Balaban J connectivity index is 1.71. The Morgan fingerprint density at radius 2 is 2.03 bits per heavy atom. The Hall–Kier alpha value is -2.16. The second kappa shape index (κ2) is 7.51. The van der Waals surface area contributed by atoms with Crippen molar-refractivity contribution in [2.45, 2.75) is 43.9 Å². The van der Waals surface area contributed by atoms with Crippen molar-refractivity contribution in [2.75, 3.05) is 25.1 Å². The second-order valence-electron chi connectivity index (χ2n) is 8.23. The van der Waals surface area contributed by atoms with Gasteiger partial charge in [0.15, 0.2) is 0 Å². The molecule has 1 aromatic carbocycles. The summed E-state index contributed by atoms with van der Waals surface area (Å²) in [5, 5.41) is 12.9. The summed E-state index contributed by atoms with van der Waals surface area (Å²) in [6.45, 7) is 3.38. The van der Waals surface area contributed by atoms with E-state index in [1.807, 2.05) is 0 Å². The monoisotopic (exact) mass is 436 g/mol. The van der Waals surface area contributed by atoms with Crippen molar-refractivity contribution < 1.29 is 29.0 Å². The van der Waals surface area contributed by atoms with E-state index in [2.05, 4.69) is 5.32 Å². The molecule has 3 aliphatic heterocycles. The fourth-order valence-electron chi connectivity index (χ4n) is 5.41. The minimum atomic E-state index is -1.13. The molecule has 0 aromatic heterocycles. The van der Waals surface area contributed by atoms with Gasteiger partial charge in [-0.1, -0.05) is 11.6 Å². The van der Waals surface area contributed by atoms with Crippen LogP contribution in [-0.4, -0.2) is 64.8 Å². The highest BCUT2D eigenvalue weighted by molar-refractivity contribution is 6.30. The van der Waals surface area contributed by atoms with Crippen molar-refractivity contribution in [3.05, 3.63) is 29.3 Å². The number of carbonyl (C=O) groups excluding carboxylic acids is 3. The quantitative estimate of drug-likeness (QED) is 0.656. The van der Waals surface area contributed by atoms with Crippen LogP contribution in [0, 0.1) is 11.8 Å². The van der Waals surface area contributed by atoms with Gasteiger partial charge >= 0.3 is 5.97 Å². The predicted molar refractivity (Wildman–Crippen MR) is 108 cm³/mol. The largest absolute Gasteiger partial charge is 0.466 e. The van der Waals surface area contributed by atoms with E-state index in [0.717, 1.165) is 0 Å². The third-order valence-corrected chi connectivity index (χ3v) is 6.77. The van der Waals surface area contributed by atoms with Crippen LogP contribution >= 0.6 is 11.6 Å². The average Bonchev–Trinajstić information content (AvgIpc) is 3.25. The van der Waals surface area contributed by atoms with Crippen molar-refractivity contribution in [3.8, 4) is 0 Å². The number of amides is 2. The van der Waals surface area contributed by atoms with Crippen LogP contribution in [-0.2, 0) is 23.9 Å². The van der Waals surface area contributed by atoms with Crippen LogP contribution in [0.3, 0.4) is 0 Å². The van der Waals surface area contributed by atoms with Gasteiger partial charge in [-0.15, -0.1) is 0 Å². The van der Waals surface area contributed by atoms with Crippen LogP contribution in [0.2, 0.25) is 5.02 Å². The molecule has 0 radical (unpaired) electrons. The number of rotatable bonds is 6. The van der Waals surface area contributed by atoms with Gasteiger partial charge in [0.2, 0.25) is 11.8 Å². The van der Waals surface area contributed by atoms with Crippen molar-refractivity contribution in [3.63, 3.8) is 0 Å². The molecule has 3 fully saturated rings. The summed E-state index contributed by atoms with van der Waals surface area (Å²) in [6, 6.07) is 5.67. The molecule has 2 bridgehead atoms. The van der Waals surface area contributed by atoms with Gasteiger partial charge in [0.05, 0.1) is 24.7 Å². The molecule has 162 valence electrons. The topological polar surface area (TPSA) is 105 Å². The molecule has 8 nitrogen and oxygen atoms in total. The molecule has 2 N–H and O–H groups in total. The third kappa shape index (κ3) is 3.01. The summed E-state index contributed by atoms with van der Waals surface area (Å²) < 4.78 is 11.6. The first-order valence-electron chi connectivity index (χ1n) is 10.1. The zero-order valence-electron chi connectivity index (χ0n) is 16.9. The number of halogens is 1. The smallest absolute Gasteiger partial charge is 0.312 e. The fourth-order valence-corrected chi connectivity index (χ4v) is 5.53. The van der Waals surface area contributed by atoms with E-state index >= 15 is 0 Å². The Morgan fingerprint density at radius 3 is 2.67 bits per heavy atom. The number of ether oxygens (including phenoxy) is 2. The lowest BCUT2D eigenvalue weighted by atomic mass is 9.66. The highest BCUT2D eigenvalue weighted by Crippen LogP contribution is 2.63. The van der Waals surface area contributed by atoms with E-state index in [1.54, 1.807) is 38.1 Å². The maximum Gasteiger partial charge on any atom is 0.312 e. The normalized spacial score (nSPS) is 34.2. The van der Waals surface area contributed by atoms with Crippen LogP contribution < -0.4 is 5.32 Å². The van der Waals surface area contributed by atoms with E-state index in [1.165, 1.54) is 4.90 Å². The Labute approximate surface area is 179 Å². The maximum absolute atomic E-state index is 13.4. The summed E-state index contributed by atoms with van der Waals surface area (Å²) in [5.41, 5.74) is -1.47. The van der Waals surface area contributed by atoms with Gasteiger partial charge in [-0.2, -0.15) is 0 Å². The molecule has 3 aliphatic rings. The lowest BCUT2D eigenvalue weighted by Gasteiger charge is -2.33. The molecule has 5 atom stereocenters. The zero-order valence-corrected chi connectivity index (χ0v) is 17.6. The number of nitrogens with one attached hydrogen (secondary N) is 1. The molecule has 3 heterocycles. The lowest BCUT2D eigenvalue weighted by molar-refractivity contribution is -0.159. The number of likely N-dealkylation sites (tertiary alicyclic amines) is 1. The molecule has 0 saturated carbocycles. The summed E-state index contributed by atoms with van der Waals surface area (Å²) in [7, 11) is 0. The SMILES string of the molecule is CCOC(=O)[C@@H]1[C@H]2C(=O)N(CCO)C(C(=O)Nc3ccc(Cl)cc3)C23CC[C@@]1(C)O3.